The molecule has 2 aliphatic carbocycles. The summed E-state index contributed by atoms with van der Waals surface area (Å²) in [5, 5.41) is 3.11. The Balaban J connectivity index is 1.34. The Morgan fingerprint density at radius 3 is 2.57 bits per heavy atom. The van der Waals surface area contributed by atoms with Gasteiger partial charge in [0.15, 0.2) is 11.5 Å². The normalized spacial score (nSPS) is 29.2. The van der Waals surface area contributed by atoms with Crippen LogP contribution in [0.15, 0.2) is 30.0 Å². The maximum atomic E-state index is 14.3. The SMILES string of the molecule is COC(=O)[C@]12C[C@H](CC(=O)NCC3CCCCC3)C(=O)N(Cc3ccc4c(c3)OCO4)C1=C[C@H](C(C)C)O[C@@H]2C1CC1. The fraction of sp³-hybridized carbons (Fsp3) is 0.667. The standard InChI is InChI=1S/C33H44N2O7/c1-20(2)26-15-28-33(32(38)39-3,30(42-26)23-10-11-23)16-24(14-29(36)34-17-21-7-5-4-6-8-21)31(37)35(28)18-22-9-12-25-27(13-22)41-19-40-25/h9,12-13,15,20-21,23-24,26,30H,4-8,10-11,14,16-19H2,1-3H3,(H,34,36)/t24-,26+,30+,33+/m0/s1. The maximum Gasteiger partial charge on any atom is 0.320 e. The molecule has 4 atom stereocenters. The highest BCUT2D eigenvalue weighted by atomic mass is 16.7. The molecule has 0 radical (unpaired) electrons. The van der Waals surface area contributed by atoms with Crippen LogP contribution in [0.5, 0.6) is 11.5 Å². The number of hydrogen-bond donors (Lipinski definition) is 1. The van der Waals surface area contributed by atoms with E-state index < -0.39 is 23.4 Å². The number of amides is 2. The number of fused-ring (bicyclic) bond motifs is 2. The van der Waals surface area contributed by atoms with E-state index in [0.29, 0.717) is 29.7 Å². The van der Waals surface area contributed by atoms with E-state index in [2.05, 4.69) is 19.2 Å². The van der Waals surface area contributed by atoms with Crippen molar-refractivity contribution in [3.05, 3.63) is 35.5 Å². The molecule has 0 spiro atoms. The summed E-state index contributed by atoms with van der Waals surface area (Å²) < 4.78 is 23.3. The highest BCUT2D eigenvalue weighted by Gasteiger charge is 2.63. The number of benzene rings is 1. The first kappa shape index (κ1) is 29.0. The molecule has 228 valence electrons. The number of piperidine rings is 1. The predicted molar refractivity (Wildman–Crippen MR) is 154 cm³/mol. The van der Waals surface area contributed by atoms with Gasteiger partial charge in [-0.15, -0.1) is 0 Å². The first-order valence-electron chi connectivity index (χ1n) is 15.7. The highest BCUT2D eigenvalue weighted by Crippen LogP contribution is 2.57. The quantitative estimate of drug-likeness (QED) is 0.422. The second-order valence-electron chi connectivity index (χ2n) is 13.1. The average molecular weight is 581 g/mol. The number of likely N-dealkylation sites (tertiary alicyclic amines) is 1. The van der Waals surface area contributed by atoms with E-state index in [1.807, 2.05) is 24.3 Å². The second-order valence-corrected chi connectivity index (χ2v) is 13.1. The number of esters is 1. The Kier molecular flexibility index (Phi) is 8.22. The van der Waals surface area contributed by atoms with Crippen LogP contribution < -0.4 is 14.8 Å². The van der Waals surface area contributed by atoms with Gasteiger partial charge >= 0.3 is 5.97 Å². The number of nitrogens with one attached hydrogen (secondary N) is 1. The summed E-state index contributed by atoms with van der Waals surface area (Å²) in [4.78, 5) is 43.3. The molecule has 1 aromatic carbocycles. The van der Waals surface area contributed by atoms with E-state index >= 15 is 0 Å². The van der Waals surface area contributed by atoms with E-state index in [1.54, 1.807) is 4.90 Å². The molecule has 1 aromatic rings. The second kappa shape index (κ2) is 11.9. The number of rotatable bonds is 9. The monoisotopic (exact) mass is 580 g/mol. The number of hydrogen-bond acceptors (Lipinski definition) is 7. The average Bonchev–Trinajstić information content (AvgIpc) is 3.74. The van der Waals surface area contributed by atoms with E-state index in [4.69, 9.17) is 18.9 Å². The molecular formula is C33H44N2O7. The van der Waals surface area contributed by atoms with Gasteiger partial charge in [-0.05, 0) is 73.6 Å². The predicted octanol–water partition coefficient (Wildman–Crippen LogP) is 4.73. The molecule has 9 heteroatoms. The van der Waals surface area contributed by atoms with Gasteiger partial charge in [0.25, 0.3) is 0 Å². The van der Waals surface area contributed by atoms with Crippen LogP contribution in [0.3, 0.4) is 0 Å². The Labute approximate surface area is 248 Å². The zero-order valence-corrected chi connectivity index (χ0v) is 25.1. The minimum absolute atomic E-state index is 0.0280. The molecule has 2 saturated carbocycles. The molecule has 42 heavy (non-hydrogen) atoms. The molecule has 2 amide bonds. The van der Waals surface area contributed by atoms with Crippen LogP contribution in [0.25, 0.3) is 0 Å². The Hall–Kier alpha value is -3.07. The van der Waals surface area contributed by atoms with Crippen molar-refractivity contribution in [3.63, 3.8) is 0 Å². The van der Waals surface area contributed by atoms with Crippen molar-refractivity contribution in [1.29, 1.82) is 0 Å². The molecule has 0 unspecified atom stereocenters. The zero-order chi connectivity index (χ0) is 29.4. The Morgan fingerprint density at radius 1 is 1.10 bits per heavy atom. The van der Waals surface area contributed by atoms with Crippen LogP contribution >= 0.6 is 0 Å². The van der Waals surface area contributed by atoms with Crippen molar-refractivity contribution >= 4 is 17.8 Å². The van der Waals surface area contributed by atoms with Crippen LogP contribution in [0.2, 0.25) is 0 Å². The van der Waals surface area contributed by atoms with Crippen LogP contribution in [0.4, 0.5) is 0 Å². The summed E-state index contributed by atoms with van der Waals surface area (Å²) in [5.74, 6) is 0.772. The zero-order valence-electron chi connectivity index (χ0n) is 25.1. The largest absolute Gasteiger partial charge is 0.468 e. The molecule has 0 bridgehead atoms. The van der Waals surface area contributed by atoms with Crippen molar-refractivity contribution in [2.75, 3.05) is 20.4 Å². The first-order chi connectivity index (χ1) is 20.3. The van der Waals surface area contributed by atoms with Crippen LogP contribution in [-0.2, 0) is 30.4 Å². The number of methoxy groups -OCH3 is 1. The van der Waals surface area contributed by atoms with Crippen molar-refractivity contribution in [2.24, 2.45) is 29.1 Å². The third-order valence-corrected chi connectivity index (χ3v) is 9.82. The van der Waals surface area contributed by atoms with Crippen molar-refractivity contribution in [3.8, 4) is 11.5 Å². The first-order valence-corrected chi connectivity index (χ1v) is 15.7. The Bertz CT molecular complexity index is 1230. The lowest BCUT2D eigenvalue weighted by atomic mass is 9.64. The number of ether oxygens (including phenoxy) is 4. The highest BCUT2D eigenvalue weighted by molar-refractivity contribution is 5.93. The lowest BCUT2D eigenvalue weighted by Gasteiger charge is -2.53. The summed E-state index contributed by atoms with van der Waals surface area (Å²) >= 11 is 0. The van der Waals surface area contributed by atoms with Crippen molar-refractivity contribution in [2.45, 2.75) is 90.4 Å². The van der Waals surface area contributed by atoms with Gasteiger partial charge < -0.3 is 29.2 Å². The molecule has 1 saturated heterocycles. The third kappa shape index (κ3) is 5.52. The molecule has 3 fully saturated rings. The molecule has 6 rings (SSSR count). The number of nitrogens with zero attached hydrogens (tertiary/aromatic N) is 1. The van der Waals surface area contributed by atoms with Crippen molar-refractivity contribution in [1.82, 2.24) is 10.2 Å². The lowest BCUT2D eigenvalue weighted by molar-refractivity contribution is -0.182. The fourth-order valence-corrected chi connectivity index (χ4v) is 7.38. The summed E-state index contributed by atoms with van der Waals surface area (Å²) in [7, 11) is 1.40. The molecule has 1 N–H and O–H groups in total. The van der Waals surface area contributed by atoms with Crippen molar-refractivity contribution < 1.29 is 33.3 Å². The fourth-order valence-electron chi connectivity index (χ4n) is 7.38. The molecular weight excluding hydrogens is 536 g/mol. The summed E-state index contributed by atoms with van der Waals surface area (Å²) in [6, 6.07) is 5.64. The van der Waals surface area contributed by atoms with E-state index in [9.17, 15) is 14.4 Å². The summed E-state index contributed by atoms with van der Waals surface area (Å²) in [5.41, 5.74) is 0.336. The van der Waals surface area contributed by atoms with Crippen LogP contribution in [-0.4, -0.2) is 55.3 Å². The molecule has 9 nitrogen and oxygen atoms in total. The van der Waals surface area contributed by atoms with Crippen LogP contribution in [0, 0.1) is 29.1 Å². The molecule has 3 heterocycles. The van der Waals surface area contributed by atoms with Gasteiger partial charge in [0.05, 0.1) is 25.9 Å². The van der Waals surface area contributed by atoms with Gasteiger partial charge in [0, 0.05) is 24.6 Å². The van der Waals surface area contributed by atoms with Gasteiger partial charge in [-0.2, -0.15) is 0 Å². The van der Waals surface area contributed by atoms with E-state index in [1.165, 1.54) is 26.4 Å². The van der Waals surface area contributed by atoms with Gasteiger partial charge in [-0.1, -0.05) is 39.2 Å². The number of carbonyl (C=O) groups excluding carboxylic acids is 3. The van der Waals surface area contributed by atoms with E-state index in [0.717, 1.165) is 31.2 Å². The Morgan fingerprint density at radius 2 is 1.86 bits per heavy atom. The van der Waals surface area contributed by atoms with Gasteiger partial charge in [0.1, 0.15) is 5.41 Å². The topological polar surface area (TPSA) is 103 Å². The maximum absolute atomic E-state index is 14.3. The summed E-state index contributed by atoms with van der Waals surface area (Å²) in [6.07, 6.45) is 9.37. The molecule has 3 aliphatic heterocycles. The van der Waals surface area contributed by atoms with Gasteiger partial charge in [-0.3, -0.25) is 14.4 Å². The molecule has 0 aromatic heterocycles. The lowest BCUT2D eigenvalue weighted by Crippen LogP contribution is -2.61. The number of carbonyl (C=O) groups is 3. The molecule has 5 aliphatic rings. The van der Waals surface area contributed by atoms with Gasteiger partial charge in [0.2, 0.25) is 18.6 Å². The minimum Gasteiger partial charge on any atom is -0.468 e. The van der Waals surface area contributed by atoms with E-state index in [-0.39, 0.29) is 55.9 Å². The van der Waals surface area contributed by atoms with Gasteiger partial charge in [-0.25, -0.2) is 0 Å². The summed E-state index contributed by atoms with van der Waals surface area (Å²) in [6.45, 7) is 5.21. The van der Waals surface area contributed by atoms with Crippen LogP contribution in [0.1, 0.15) is 77.2 Å². The third-order valence-electron chi connectivity index (χ3n) is 9.82. The minimum atomic E-state index is -1.17. The smallest absolute Gasteiger partial charge is 0.320 e.